The molecule has 0 aliphatic carbocycles. The molecule has 15 heavy (non-hydrogen) atoms. The van der Waals surface area contributed by atoms with Crippen molar-refractivity contribution in [2.75, 3.05) is 5.75 Å². The Balaban J connectivity index is 2.66. The summed E-state index contributed by atoms with van der Waals surface area (Å²) in [7, 11) is 2.04. The van der Waals surface area contributed by atoms with E-state index in [-0.39, 0.29) is 5.78 Å². The van der Waals surface area contributed by atoms with Gasteiger partial charge >= 0.3 is 0 Å². The first-order valence-corrected chi connectivity index (χ1v) is 6.40. The lowest BCUT2D eigenvalue weighted by Crippen LogP contribution is -1.98. The highest BCUT2D eigenvalue weighted by molar-refractivity contribution is 8.00. The number of carbonyl (C=O) groups excluding carboxylic acids is 1. The van der Waals surface area contributed by atoms with Crippen LogP contribution in [-0.4, -0.2) is 16.1 Å². The number of hydrogen-bond acceptors (Lipinski definition) is 2. The number of aromatic nitrogens is 1. The number of hydrogen-bond donors (Lipinski definition) is 0. The highest BCUT2D eigenvalue weighted by atomic mass is 32.2. The van der Waals surface area contributed by atoms with Gasteiger partial charge in [0.05, 0.1) is 10.8 Å². The number of unbranched alkanes of at least 4 members (excludes halogenated alkanes) is 1. The molecule has 0 atom stereocenters. The average molecular weight is 225 g/mol. The van der Waals surface area contributed by atoms with E-state index in [0.717, 1.165) is 6.42 Å². The Morgan fingerprint density at radius 3 is 2.87 bits per heavy atom. The molecule has 1 aromatic heterocycles. The van der Waals surface area contributed by atoms with Crippen LogP contribution in [0.3, 0.4) is 0 Å². The first-order valence-electron chi connectivity index (χ1n) is 5.41. The summed E-state index contributed by atoms with van der Waals surface area (Å²) in [6.07, 6.45) is 5.63. The van der Waals surface area contributed by atoms with Crippen LogP contribution in [0.4, 0.5) is 0 Å². The number of nitrogens with zero attached hydrogens (tertiary/aromatic N) is 1. The van der Waals surface area contributed by atoms with Crippen LogP contribution < -0.4 is 0 Å². The van der Waals surface area contributed by atoms with Crippen molar-refractivity contribution in [3.8, 4) is 0 Å². The summed E-state index contributed by atoms with van der Waals surface area (Å²) in [6.45, 7) is 3.84. The van der Waals surface area contributed by atoms with Crippen molar-refractivity contribution in [3.05, 3.63) is 17.8 Å². The minimum Gasteiger partial charge on any atom is -0.346 e. The molecule has 0 saturated heterocycles. The smallest absolute Gasteiger partial charge is 0.140 e. The van der Waals surface area contributed by atoms with Crippen molar-refractivity contribution in [1.82, 2.24) is 4.57 Å². The van der Waals surface area contributed by atoms with Crippen LogP contribution in [0.5, 0.6) is 0 Å². The highest BCUT2D eigenvalue weighted by Crippen LogP contribution is 2.24. The predicted molar refractivity (Wildman–Crippen MR) is 65.4 cm³/mol. The zero-order valence-corrected chi connectivity index (χ0v) is 10.6. The maximum atomic E-state index is 10.9. The summed E-state index contributed by atoms with van der Waals surface area (Å²) < 4.78 is 2.11. The maximum absolute atomic E-state index is 10.9. The molecule has 0 amide bonds. The van der Waals surface area contributed by atoms with E-state index < -0.39 is 0 Å². The Bertz CT molecular complexity index is 330. The number of Topliss-reactive ketones (excluding diaryl/α,β-unsaturated/α-hetero) is 1. The summed E-state index contributed by atoms with van der Waals surface area (Å²) in [5.74, 6) is 0.819. The highest BCUT2D eigenvalue weighted by Gasteiger charge is 2.07. The third-order valence-electron chi connectivity index (χ3n) is 2.31. The molecule has 2 nitrogen and oxygen atoms in total. The fourth-order valence-corrected chi connectivity index (χ4v) is 2.45. The van der Waals surface area contributed by atoms with Crippen LogP contribution in [0, 0.1) is 0 Å². The molecule has 0 N–H and O–H groups in total. The van der Waals surface area contributed by atoms with Crippen molar-refractivity contribution in [3.63, 3.8) is 0 Å². The van der Waals surface area contributed by atoms with Gasteiger partial charge in [0.25, 0.3) is 0 Å². The zero-order chi connectivity index (χ0) is 11.3. The average Bonchev–Trinajstić information content (AvgIpc) is 2.53. The monoisotopic (exact) mass is 225 g/mol. The molecule has 0 aliphatic heterocycles. The molecule has 1 rings (SSSR count). The number of ketones is 1. The van der Waals surface area contributed by atoms with E-state index in [4.69, 9.17) is 0 Å². The van der Waals surface area contributed by atoms with Gasteiger partial charge in [0.2, 0.25) is 0 Å². The van der Waals surface area contributed by atoms with Crippen LogP contribution in [0.15, 0.2) is 17.3 Å². The van der Waals surface area contributed by atoms with E-state index in [2.05, 4.69) is 23.8 Å². The van der Waals surface area contributed by atoms with Crippen molar-refractivity contribution in [2.45, 2.75) is 38.1 Å². The van der Waals surface area contributed by atoms with Gasteiger partial charge in [-0.2, -0.15) is 0 Å². The molecule has 0 aliphatic rings. The summed E-state index contributed by atoms with van der Waals surface area (Å²) in [4.78, 5) is 10.9. The molecule has 0 aromatic carbocycles. The van der Waals surface area contributed by atoms with Crippen molar-refractivity contribution < 1.29 is 4.79 Å². The molecule has 0 fully saturated rings. The lowest BCUT2D eigenvalue weighted by molar-refractivity contribution is -0.114. The topological polar surface area (TPSA) is 22.0 Å². The van der Waals surface area contributed by atoms with Crippen molar-refractivity contribution in [1.29, 1.82) is 0 Å². The quantitative estimate of drug-likeness (QED) is 0.694. The predicted octanol–water partition coefficient (Wildman–Crippen LogP) is 3.05. The largest absolute Gasteiger partial charge is 0.346 e. The Morgan fingerprint density at radius 1 is 1.53 bits per heavy atom. The molecule has 1 heterocycles. The van der Waals surface area contributed by atoms with E-state index in [9.17, 15) is 4.79 Å². The molecular weight excluding hydrogens is 206 g/mol. The second kappa shape index (κ2) is 6.01. The zero-order valence-electron chi connectivity index (χ0n) is 9.75. The van der Waals surface area contributed by atoms with Gasteiger partial charge in [-0.05, 0) is 31.4 Å². The molecule has 0 unspecified atom stereocenters. The fraction of sp³-hybridized carbons (Fsp3) is 0.583. The van der Waals surface area contributed by atoms with Crippen LogP contribution in [0.25, 0.3) is 0 Å². The van der Waals surface area contributed by atoms with Gasteiger partial charge in [0.15, 0.2) is 0 Å². The molecule has 0 bridgehead atoms. The maximum Gasteiger partial charge on any atom is 0.140 e. The Labute approximate surface area is 96.1 Å². The summed E-state index contributed by atoms with van der Waals surface area (Å²) >= 11 is 1.65. The van der Waals surface area contributed by atoms with Gasteiger partial charge in [-0.25, -0.2) is 0 Å². The van der Waals surface area contributed by atoms with Crippen molar-refractivity contribution >= 4 is 17.5 Å². The Morgan fingerprint density at radius 2 is 2.27 bits per heavy atom. The first kappa shape index (κ1) is 12.4. The van der Waals surface area contributed by atoms with Gasteiger partial charge in [0, 0.05) is 13.2 Å². The lowest BCUT2D eigenvalue weighted by Gasteiger charge is -2.05. The summed E-state index contributed by atoms with van der Waals surface area (Å²) in [5.41, 5.74) is 1.38. The van der Waals surface area contributed by atoms with E-state index in [0.29, 0.717) is 5.75 Å². The van der Waals surface area contributed by atoms with Crippen LogP contribution in [0.2, 0.25) is 0 Å². The van der Waals surface area contributed by atoms with Gasteiger partial charge in [-0.15, -0.1) is 11.8 Å². The second-order valence-corrected chi connectivity index (χ2v) is 4.82. The SMILES string of the molecule is CCCCc1ccn(C)c1SCC(C)=O. The van der Waals surface area contributed by atoms with Crippen LogP contribution in [-0.2, 0) is 18.3 Å². The Hall–Kier alpha value is -0.700. The minimum atomic E-state index is 0.239. The standard InChI is InChI=1S/C12H19NOS/c1-4-5-6-11-7-8-13(3)12(11)15-9-10(2)14/h7-8H,4-6,9H2,1-3H3. The minimum absolute atomic E-state index is 0.239. The molecule has 84 valence electrons. The molecule has 3 heteroatoms. The second-order valence-electron chi connectivity index (χ2n) is 3.85. The number of carbonyl (C=O) groups is 1. The summed E-state index contributed by atoms with van der Waals surface area (Å²) in [6, 6.07) is 2.16. The lowest BCUT2D eigenvalue weighted by atomic mass is 10.1. The van der Waals surface area contributed by atoms with Gasteiger partial charge in [-0.1, -0.05) is 13.3 Å². The van der Waals surface area contributed by atoms with E-state index >= 15 is 0 Å². The van der Waals surface area contributed by atoms with Gasteiger partial charge < -0.3 is 4.57 Å². The van der Waals surface area contributed by atoms with E-state index in [1.54, 1.807) is 18.7 Å². The molecule has 0 radical (unpaired) electrons. The number of thioether (sulfide) groups is 1. The molecule has 0 saturated carbocycles. The van der Waals surface area contributed by atoms with Crippen molar-refractivity contribution in [2.24, 2.45) is 7.05 Å². The molecule has 1 aromatic rings. The number of rotatable bonds is 6. The Kier molecular flexibility index (Phi) is 4.95. The van der Waals surface area contributed by atoms with E-state index in [1.807, 2.05) is 7.05 Å². The molecular formula is C12H19NOS. The van der Waals surface area contributed by atoms with Gasteiger partial charge in [0.1, 0.15) is 5.78 Å². The van der Waals surface area contributed by atoms with Gasteiger partial charge in [-0.3, -0.25) is 4.79 Å². The van der Waals surface area contributed by atoms with Crippen LogP contribution >= 0.6 is 11.8 Å². The third kappa shape index (κ3) is 3.74. The number of aryl methyl sites for hydroxylation is 2. The fourth-order valence-electron chi connectivity index (χ4n) is 1.49. The molecule has 0 spiro atoms. The van der Waals surface area contributed by atoms with E-state index in [1.165, 1.54) is 23.4 Å². The first-order chi connectivity index (χ1) is 7.15. The normalized spacial score (nSPS) is 10.6. The third-order valence-corrected chi connectivity index (χ3v) is 3.68. The van der Waals surface area contributed by atoms with Crippen LogP contribution in [0.1, 0.15) is 32.3 Å². The summed E-state index contributed by atoms with van der Waals surface area (Å²) in [5, 5.41) is 1.25.